The molecule has 0 atom stereocenters. The third-order valence-electron chi connectivity index (χ3n) is 4.65. The molecule has 1 aromatic carbocycles. The monoisotopic (exact) mass is 389 g/mol. The first-order chi connectivity index (χ1) is 13.0. The van der Waals surface area contributed by atoms with Crippen LogP contribution in [0.3, 0.4) is 0 Å². The maximum Gasteiger partial charge on any atom is 0.227 e. The molecule has 3 N–H and O–H groups in total. The number of hydrogen-bond donors (Lipinski definition) is 2. The number of carbonyl (C=O) groups excluding carboxylic acids is 1. The minimum atomic E-state index is -0.0519. The van der Waals surface area contributed by atoms with Crippen LogP contribution in [0.1, 0.15) is 44.6 Å². The summed E-state index contributed by atoms with van der Waals surface area (Å²) >= 11 is 1.18. The molecule has 1 aliphatic rings. The second kappa shape index (κ2) is 9.14. The van der Waals surface area contributed by atoms with E-state index in [1.807, 2.05) is 6.07 Å². The Balaban J connectivity index is 1.46. The lowest BCUT2D eigenvalue weighted by Gasteiger charge is -2.32. The zero-order valence-corrected chi connectivity index (χ0v) is 16.7. The van der Waals surface area contributed by atoms with Gasteiger partial charge in [-0.2, -0.15) is 0 Å². The number of ether oxygens (including phenoxy) is 1. The molecule has 1 saturated heterocycles. The van der Waals surface area contributed by atoms with Crippen molar-refractivity contribution in [3.63, 3.8) is 0 Å². The average molecular weight is 390 g/mol. The van der Waals surface area contributed by atoms with Crippen LogP contribution in [0, 0.1) is 0 Å². The zero-order valence-electron chi connectivity index (χ0n) is 15.9. The largest absolute Gasteiger partial charge is 0.491 e. The van der Waals surface area contributed by atoms with Crippen molar-refractivity contribution in [2.75, 3.05) is 30.7 Å². The Kier molecular flexibility index (Phi) is 6.63. The molecule has 0 bridgehead atoms. The minimum absolute atomic E-state index is 0.0519. The topological polar surface area (TPSA) is 93.4 Å². The Bertz CT molecular complexity index is 756. The number of nitrogens with one attached hydrogen (secondary N) is 1. The second-order valence-corrected chi connectivity index (χ2v) is 8.07. The van der Waals surface area contributed by atoms with E-state index in [1.54, 1.807) is 0 Å². The van der Waals surface area contributed by atoms with Crippen LogP contribution in [0.25, 0.3) is 0 Å². The molecule has 0 saturated carbocycles. The van der Waals surface area contributed by atoms with E-state index in [0.29, 0.717) is 22.6 Å². The highest BCUT2D eigenvalue weighted by Gasteiger charge is 2.23. The molecule has 0 unspecified atom stereocenters. The van der Waals surface area contributed by atoms with Crippen molar-refractivity contribution in [1.82, 2.24) is 15.1 Å². The number of rotatable bonds is 7. The minimum Gasteiger partial charge on any atom is -0.491 e. The van der Waals surface area contributed by atoms with Gasteiger partial charge in [-0.25, -0.2) is 0 Å². The number of nitrogen functional groups attached to an aromatic ring is 1. The number of likely N-dealkylation sites (tertiary alicyclic amines) is 1. The van der Waals surface area contributed by atoms with E-state index in [1.165, 1.54) is 16.9 Å². The number of carbonyl (C=O) groups is 1. The summed E-state index contributed by atoms with van der Waals surface area (Å²) in [6.45, 7) is 6.83. The Morgan fingerprint density at radius 3 is 2.74 bits per heavy atom. The lowest BCUT2D eigenvalue weighted by atomic mass is 9.88. The van der Waals surface area contributed by atoms with E-state index in [-0.39, 0.29) is 12.0 Å². The number of para-hydroxylation sites is 1. The van der Waals surface area contributed by atoms with Gasteiger partial charge >= 0.3 is 0 Å². The van der Waals surface area contributed by atoms with Gasteiger partial charge in [0.1, 0.15) is 5.75 Å². The molecule has 1 aromatic heterocycles. The highest BCUT2D eigenvalue weighted by Crippen LogP contribution is 2.34. The molecule has 0 spiro atoms. The molecule has 1 fully saturated rings. The molecule has 27 heavy (non-hydrogen) atoms. The van der Waals surface area contributed by atoms with Gasteiger partial charge in [0.05, 0.1) is 6.10 Å². The number of nitrogens with zero attached hydrogens (tertiary/aromatic N) is 3. The Hall–Kier alpha value is -2.19. The molecule has 7 nitrogen and oxygen atoms in total. The van der Waals surface area contributed by atoms with E-state index in [2.05, 4.69) is 52.5 Å². The summed E-state index contributed by atoms with van der Waals surface area (Å²) in [7, 11) is 0. The van der Waals surface area contributed by atoms with Gasteiger partial charge in [-0.3, -0.25) is 4.79 Å². The SMILES string of the molecule is CC(C)Oc1ccccc1C1CCN(CCC(=O)Nc2nnc(N)s2)CC1. The van der Waals surface area contributed by atoms with Crippen molar-refractivity contribution in [3.8, 4) is 5.75 Å². The molecule has 146 valence electrons. The van der Waals surface area contributed by atoms with Crippen LogP contribution in [0.2, 0.25) is 0 Å². The van der Waals surface area contributed by atoms with Crippen LogP contribution in [0.4, 0.5) is 10.3 Å². The first-order valence-electron chi connectivity index (χ1n) is 9.38. The Labute approximate surface area is 163 Å². The summed E-state index contributed by atoms with van der Waals surface area (Å²) in [6, 6.07) is 8.35. The van der Waals surface area contributed by atoms with Gasteiger partial charge in [-0.05, 0) is 57.3 Å². The molecule has 0 aliphatic carbocycles. The van der Waals surface area contributed by atoms with Gasteiger partial charge in [-0.1, -0.05) is 29.5 Å². The van der Waals surface area contributed by atoms with Gasteiger partial charge in [0.25, 0.3) is 0 Å². The summed E-state index contributed by atoms with van der Waals surface area (Å²) < 4.78 is 5.98. The molecule has 2 heterocycles. The van der Waals surface area contributed by atoms with Gasteiger partial charge in [-0.15, -0.1) is 10.2 Å². The number of hydrogen-bond acceptors (Lipinski definition) is 7. The summed E-state index contributed by atoms with van der Waals surface area (Å²) in [5.74, 6) is 1.46. The number of benzene rings is 1. The summed E-state index contributed by atoms with van der Waals surface area (Å²) in [5, 5.41) is 11.1. The lowest BCUT2D eigenvalue weighted by molar-refractivity contribution is -0.116. The van der Waals surface area contributed by atoms with Crippen molar-refractivity contribution in [2.24, 2.45) is 0 Å². The van der Waals surface area contributed by atoms with Crippen LogP contribution in [0.5, 0.6) is 5.75 Å². The van der Waals surface area contributed by atoms with E-state index in [4.69, 9.17) is 10.5 Å². The smallest absolute Gasteiger partial charge is 0.227 e. The second-order valence-electron chi connectivity index (χ2n) is 7.06. The fourth-order valence-corrected chi connectivity index (χ4v) is 3.90. The van der Waals surface area contributed by atoms with Gasteiger partial charge < -0.3 is 20.7 Å². The first kappa shape index (κ1) is 19.6. The van der Waals surface area contributed by atoms with Gasteiger partial charge in [0.15, 0.2) is 0 Å². The lowest BCUT2D eigenvalue weighted by Crippen LogP contribution is -2.35. The molecular formula is C19H27N5O2S. The third-order valence-corrected chi connectivity index (χ3v) is 5.32. The quantitative estimate of drug-likeness (QED) is 0.756. The first-order valence-corrected chi connectivity index (χ1v) is 10.2. The standard InChI is InChI=1S/C19H27N5O2S/c1-13(2)26-16-6-4-3-5-15(16)14-7-10-24(11-8-14)12-9-17(25)21-19-23-22-18(20)27-19/h3-6,13-14H,7-12H2,1-2H3,(H2,20,22)(H,21,23,25). The Morgan fingerprint density at radius 1 is 1.33 bits per heavy atom. The van der Waals surface area contributed by atoms with E-state index < -0.39 is 0 Å². The number of nitrogens with two attached hydrogens (primary N) is 1. The van der Waals surface area contributed by atoms with Gasteiger partial charge in [0.2, 0.25) is 16.2 Å². The number of aromatic nitrogens is 2. The van der Waals surface area contributed by atoms with E-state index >= 15 is 0 Å². The number of amides is 1. The predicted molar refractivity (Wildman–Crippen MR) is 108 cm³/mol. The number of piperidine rings is 1. The maximum atomic E-state index is 12.0. The zero-order chi connectivity index (χ0) is 19.2. The molecule has 3 rings (SSSR count). The molecular weight excluding hydrogens is 362 g/mol. The average Bonchev–Trinajstić information content (AvgIpc) is 3.05. The summed E-state index contributed by atoms with van der Waals surface area (Å²) in [5.41, 5.74) is 6.82. The fraction of sp³-hybridized carbons (Fsp3) is 0.526. The Morgan fingerprint density at radius 2 is 2.07 bits per heavy atom. The van der Waals surface area contributed by atoms with Crippen LogP contribution >= 0.6 is 11.3 Å². The van der Waals surface area contributed by atoms with Crippen molar-refractivity contribution >= 4 is 27.5 Å². The van der Waals surface area contributed by atoms with Crippen LogP contribution in [-0.4, -0.2) is 46.7 Å². The molecule has 1 aliphatic heterocycles. The third kappa shape index (κ3) is 5.64. The molecule has 0 radical (unpaired) electrons. The highest BCUT2D eigenvalue weighted by molar-refractivity contribution is 7.18. The van der Waals surface area contributed by atoms with Crippen molar-refractivity contribution in [3.05, 3.63) is 29.8 Å². The van der Waals surface area contributed by atoms with E-state index in [9.17, 15) is 4.79 Å². The molecule has 1 amide bonds. The fourth-order valence-electron chi connectivity index (χ4n) is 3.37. The van der Waals surface area contributed by atoms with Crippen LogP contribution in [-0.2, 0) is 4.79 Å². The van der Waals surface area contributed by atoms with E-state index in [0.717, 1.165) is 38.2 Å². The van der Waals surface area contributed by atoms with Crippen molar-refractivity contribution in [2.45, 2.75) is 45.1 Å². The van der Waals surface area contributed by atoms with Crippen LogP contribution < -0.4 is 15.8 Å². The summed E-state index contributed by atoms with van der Waals surface area (Å²) in [4.78, 5) is 14.4. The molecule has 2 aromatic rings. The predicted octanol–water partition coefficient (Wildman–Crippen LogP) is 3.12. The maximum absolute atomic E-state index is 12.0. The normalized spacial score (nSPS) is 15.8. The van der Waals surface area contributed by atoms with Gasteiger partial charge in [0, 0.05) is 13.0 Å². The summed E-state index contributed by atoms with van der Waals surface area (Å²) in [6.07, 6.45) is 2.77. The van der Waals surface area contributed by atoms with Crippen molar-refractivity contribution < 1.29 is 9.53 Å². The highest BCUT2D eigenvalue weighted by atomic mass is 32.1. The van der Waals surface area contributed by atoms with Crippen molar-refractivity contribution in [1.29, 1.82) is 0 Å². The number of anilines is 2. The molecule has 8 heteroatoms. The van der Waals surface area contributed by atoms with Crippen LogP contribution in [0.15, 0.2) is 24.3 Å².